The fraction of sp³-hybridized carbons (Fsp3) is 0.381. The predicted molar refractivity (Wildman–Crippen MR) is 114 cm³/mol. The number of carbonyl (C=O) groups excluding carboxylic acids is 1. The number of rotatable bonds is 4. The first-order valence-electron chi connectivity index (χ1n) is 9.86. The lowest BCUT2D eigenvalue weighted by Crippen LogP contribution is -2.33. The Kier molecular flexibility index (Phi) is 5.67. The molecule has 1 amide bonds. The van der Waals surface area contributed by atoms with Crippen molar-refractivity contribution in [3.8, 4) is 11.5 Å². The smallest absolute Gasteiger partial charge is 0.293 e. The Morgan fingerprint density at radius 3 is 2.50 bits per heavy atom. The Hall–Kier alpha value is -3.00. The standard InChI is InChI=1S/C21H22ClN3O5/c1-13-4-6-24(7-5-13)17-3-2-14(10-18(17)25(27)28)21(26)23-16-12-20-19(11-15(16)22)29-8-9-30-20/h2-3,10-13H,4-9H2,1H3,(H,23,26). The molecule has 0 aromatic heterocycles. The van der Waals surface area contributed by atoms with Crippen LogP contribution in [0.25, 0.3) is 0 Å². The Bertz CT molecular complexity index is 989. The van der Waals surface area contributed by atoms with Gasteiger partial charge in [-0.1, -0.05) is 18.5 Å². The van der Waals surface area contributed by atoms with Crippen molar-refractivity contribution in [1.29, 1.82) is 0 Å². The van der Waals surface area contributed by atoms with Crippen LogP contribution in [0.2, 0.25) is 5.02 Å². The summed E-state index contributed by atoms with van der Waals surface area (Å²) in [4.78, 5) is 26.0. The van der Waals surface area contributed by atoms with Crippen molar-refractivity contribution in [2.24, 2.45) is 5.92 Å². The summed E-state index contributed by atoms with van der Waals surface area (Å²) >= 11 is 6.25. The van der Waals surface area contributed by atoms with E-state index in [1.807, 2.05) is 4.90 Å². The maximum absolute atomic E-state index is 12.8. The second kappa shape index (κ2) is 8.39. The zero-order valence-corrected chi connectivity index (χ0v) is 17.3. The van der Waals surface area contributed by atoms with Crippen LogP contribution in [0.15, 0.2) is 30.3 Å². The summed E-state index contributed by atoms with van der Waals surface area (Å²) in [6.45, 7) is 4.55. The van der Waals surface area contributed by atoms with Crippen LogP contribution in [0, 0.1) is 16.0 Å². The average Bonchev–Trinajstić information content (AvgIpc) is 2.74. The Balaban J connectivity index is 1.57. The molecule has 2 heterocycles. The third kappa shape index (κ3) is 4.14. The van der Waals surface area contributed by atoms with Crippen molar-refractivity contribution in [3.63, 3.8) is 0 Å². The minimum Gasteiger partial charge on any atom is -0.486 e. The summed E-state index contributed by atoms with van der Waals surface area (Å²) in [5.41, 5.74) is 0.996. The third-order valence-electron chi connectivity index (χ3n) is 5.44. The molecule has 9 heteroatoms. The highest BCUT2D eigenvalue weighted by atomic mass is 35.5. The van der Waals surface area contributed by atoms with E-state index in [0.29, 0.717) is 47.0 Å². The van der Waals surface area contributed by atoms with Gasteiger partial charge in [0.05, 0.1) is 15.6 Å². The monoisotopic (exact) mass is 431 g/mol. The zero-order chi connectivity index (χ0) is 21.3. The highest BCUT2D eigenvalue weighted by Gasteiger charge is 2.25. The van der Waals surface area contributed by atoms with Crippen LogP contribution in [0.4, 0.5) is 17.1 Å². The number of hydrogen-bond donors (Lipinski definition) is 1. The van der Waals surface area contributed by atoms with Gasteiger partial charge in [-0.25, -0.2) is 0 Å². The van der Waals surface area contributed by atoms with Gasteiger partial charge in [0.15, 0.2) is 11.5 Å². The molecule has 0 atom stereocenters. The van der Waals surface area contributed by atoms with Gasteiger partial charge >= 0.3 is 0 Å². The number of hydrogen-bond acceptors (Lipinski definition) is 6. The molecule has 0 aliphatic carbocycles. The molecule has 2 aliphatic heterocycles. The molecule has 1 N–H and O–H groups in total. The van der Waals surface area contributed by atoms with Gasteiger partial charge in [0, 0.05) is 36.9 Å². The maximum atomic E-state index is 12.8. The molecule has 1 fully saturated rings. The highest BCUT2D eigenvalue weighted by Crippen LogP contribution is 2.38. The number of halogens is 1. The number of anilines is 2. The Labute approximate surface area is 178 Å². The van der Waals surface area contributed by atoms with Gasteiger partial charge in [-0.2, -0.15) is 0 Å². The number of piperidine rings is 1. The van der Waals surface area contributed by atoms with E-state index in [-0.39, 0.29) is 11.3 Å². The molecule has 0 bridgehead atoms. The maximum Gasteiger partial charge on any atom is 0.293 e. The third-order valence-corrected chi connectivity index (χ3v) is 5.75. The molecule has 2 aromatic carbocycles. The van der Waals surface area contributed by atoms with Gasteiger partial charge in [0.2, 0.25) is 0 Å². The number of benzene rings is 2. The minimum atomic E-state index is -0.490. The van der Waals surface area contributed by atoms with Crippen molar-refractivity contribution in [2.45, 2.75) is 19.8 Å². The predicted octanol–water partition coefficient (Wildman–Crippen LogP) is 4.51. The van der Waals surface area contributed by atoms with Gasteiger partial charge in [-0.05, 0) is 30.9 Å². The molecule has 30 heavy (non-hydrogen) atoms. The van der Waals surface area contributed by atoms with Crippen molar-refractivity contribution in [1.82, 2.24) is 0 Å². The van der Waals surface area contributed by atoms with E-state index in [1.165, 1.54) is 6.07 Å². The van der Waals surface area contributed by atoms with Crippen LogP contribution in [-0.4, -0.2) is 37.1 Å². The molecular weight excluding hydrogens is 410 g/mol. The van der Waals surface area contributed by atoms with Crippen LogP contribution < -0.4 is 19.7 Å². The second-order valence-corrected chi connectivity index (χ2v) is 7.97. The van der Waals surface area contributed by atoms with Crippen LogP contribution in [0.5, 0.6) is 11.5 Å². The Morgan fingerprint density at radius 2 is 1.83 bits per heavy atom. The van der Waals surface area contributed by atoms with Gasteiger partial charge in [-0.15, -0.1) is 0 Å². The number of fused-ring (bicyclic) bond motifs is 1. The number of amides is 1. The van der Waals surface area contributed by atoms with Gasteiger partial charge in [-0.3, -0.25) is 14.9 Å². The van der Waals surface area contributed by atoms with Gasteiger partial charge in [0.25, 0.3) is 11.6 Å². The summed E-state index contributed by atoms with van der Waals surface area (Å²) in [5, 5.41) is 14.7. The van der Waals surface area contributed by atoms with Gasteiger partial charge in [0.1, 0.15) is 18.9 Å². The molecule has 0 radical (unpaired) electrons. The molecule has 4 rings (SSSR count). The lowest BCUT2D eigenvalue weighted by atomic mass is 9.98. The topological polar surface area (TPSA) is 93.9 Å². The molecule has 8 nitrogen and oxygen atoms in total. The first kappa shape index (κ1) is 20.3. The molecule has 0 spiro atoms. The fourth-order valence-electron chi connectivity index (χ4n) is 3.68. The average molecular weight is 432 g/mol. The van der Waals surface area contributed by atoms with Crippen molar-refractivity contribution in [3.05, 3.63) is 51.0 Å². The zero-order valence-electron chi connectivity index (χ0n) is 16.5. The number of ether oxygens (including phenoxy) is 2. The number of nitro groups is 1. The summed E-state index contributed by atoms with van der Waals surface area (Å²) in [5.74, 6) is 1.12. The molecule has 158 valence electrons. The largest absolute Gasteiger partial charge is 0.486 e. The lowest BCUT2D eigenvalue weighted by molar-refractivity contribution is -0.384. The van der Waals surface area contributed by atoms with Crippen LogP contribution >= 0.6 is 11.6 Å². The molecule has 1 saturated heterocycles. The molecule has 2 aromatic rings. The van der Waals surface area contributed by atoms with E-state index in [4.69, 9.17) is 21.1 Å². The van der Waals surface area contributed by atoms with Crippen LogP contribution in [-0.2, 0) is 0 Å². The van der Waals surface area contributed by atoms with Crippen molar-refractivity contribution in [2.75, 3.05) is 36.5 Å². The van der Waals surface area contributed by atoms with E-state index in [1.54, 1.807) is 24.3 Å². The minimum absolute atomic E-state index is 0.0783. The number of carbonyl (C=O) groups is 1. The van der Waals surface area contributed by atoms with E-state index in [0.717, 1.165) is 25.9 Å². The molecular formula is C21H22ClN3O5. The second-order valence-electron chi connectivity index (χ2n) is 7.56. The quantitative estimate of drug-likeness (QED) is 0.565. The normalized spacial score (nSPS) is 16.3. The van der Waals surface area contributed by atoms with Crippen LogP contribution in [0.1, 0.15) is 30.1 Å². The van der Waals surface area contributed by atoms with E-state index in [2.05, 4.69) is 12.2 Å². The number of nitro benzene ring substituents is 1. The summed E-state index contributed by atoms with van der Waals surface area (Å²) < 4.78 is 11.0. The number of nitrogens with zero attached hydrogens (tertiary/aromatic N) is 2. The summed E-state index contributed by atoms with van der Waals surface area (Å²) in [6.07, 6.45) is 1.98. The highest BCUT2D eigenvalue weighted by molar-refractivity contribution is 6.34. The molecule has 0 unspecified atom stereocenters. The fourth-order valence-corrected chi connectivity index (χ4v) is 3.88. The van der Waals surface area contributed by atoms with Gasteiger partial charge < -0.3 is 19.7 Å². The molecule has 0 saturated carbocycles. The lowest BCUT2D eigenvalue weighted by Gasteiger charge is -2.31. The number of nitrogens with one attached hydrogen (secondary N) is 1. The summed E-state index contributed by atoms with van der Waals surface area (Å²) in [7, 11) is 0. The van der Waals surface area contributed by atoms with E-state index >= 15 is 0 Å². The SMILES string of the molecule is CC1CCN(c2ccc(C(=O)Nc3cc4c(cc3Cl)OCCO4)cc2[N+](=O)[O-])CC1. The van der Waals surface area contributed by atoms with Crippen molar-refractivity contribution >= 4 is 34.6 Å². The van der Waals surface area contributed by atoms with Crippen LogP contribution in [0.3, 0.4) is 0 Å². The summed E-state index contributed by atoms with van der Waals surface area (Å²) in [6, 6.07) is 7.73. The Morgan fingerprint density at radius 1 is 1.17 bits per heavy atom. The first-order valence-corrected chi connectivity index (χ1v) is 10.2. The molecule has 2 aliphatic rings. The first-order chi connectivity index (χ1) is 14.4. The van der Waals surface area contributed by atoms with E-state index in [9.17, 15) is 14.9 Å². The van der Waals surface area contributed by atoms with Crippen molar-refractivity contribution < 1.29 is 19.2 Å². The van der Waals surface area contributed by atoms with E-state index < -0.39 is 10.8 Å².